The second kappa shape index (κ2) is 4.55. The van der Waals surface area contributed by atoms with Crippen LogP contribution in [-0.4, -0.2) is 16.5 Å². The number of nitrogens with zero attached hydrogens (tertiary/aromatic N) is 2. The quantitative estimate of drug-likeness (QED) is 0.620. The lowest BCUT2D eigenvalue weighted by atomic mass is 9.98. The Morgan fingerprint density at radius 1 is 1.33 bits per heavy atom. The first-order chi connectivity index (χ1) is 8.74. The molecule has 96 valence electrons. The van der Waals surface area contributed by atoms with Crippen molar-refractivity contribution in [3.8, 4) is 0 Å². The lowest BCUT2D eigenvalue weighted by Crippen LogP contribution is -2.18. The predicted octanol–water partition coefficient (Wildman–Crippen LogP) is 2.84. The molecule has 0 aliphatic heterocycles. The number of anilines is 1. The van der Waals surface area contributed by atoms with E-state index in [1.165, 1.54) is 37.9 Å². The molecule has 0 bridgehead atoms. The summed E-state index contributed by atoms with van der Waals surface area (Å²) >= 11 is 0. The van der Waals surface area contributed by atoms with Crippen LogP contribution in [0.4, 0.5) is 11.5 Å². The number of aromatic nitrogens is 1. The monoisotopic (exact) mass is 247 g/mol. The maximum Gasteiger partial charge on any atom is 0.287 e. The molecule has 1 aromatic heterocycles. The molecule has 2 aliphatic rings. The lowest BCUT2D eigenvalue weighted by molar-refractivity contribution is -0.385. The third-order valence-electron chi connectivity index (χ3n) is 3.93. The first-order valence-corrected chi connectivity index (χ1v) is 6.58. The van der Waals surface area contributed by atoms with Crippen LogP contribution in [0.1, 0.15) is 25.7 Å². The van der Waals surface area contributed by atoms with Gasteiger partial charge in [0.15, 0.2) is 0 Å². The van der Waals surface area contributed by atoms with Crippen molar-refractivity contribution >= 4 is 11.5 Å². The fourth-order valence-electron chi connectivity index (χ4n) is 2.59. The van der Waals surface area contributed by atoms with E-state index in [2.05, 4.69) is 10.3 Å². The molecule has 0 aromatic carbocycles. The number of hydrogen-bond donors (Lipinski definition) is 1. The molecule has 0 radical (unpaired) electrons. The summed E-state index contributed by atoms with van der Waals surface area (Å²) in [6, 6.07) is 3.19. The van der Waals surface area contributed by atoms with Crippen molar-refractivity contribution in [2.45, 2.75) is 25.7 Å². The van der Waals surface area contributed by atoms with Crippen molar-refractivity contribution in [2.24, 2.45) is 17.8 Å². The number of nitrogens with one attached hydrogen (secondary N) is 1. The molecule has 2 fully saturated rings. The summed E-state index contributed by atoms with van der Waals surface area (Å²) < 4.78 is 0. The van der Waals surface area contributed by atoms with Gasteiger partial charge in [-0.05, 0) is 49.5 Å². The Morgan fingerprint density at radius 3 is 2.44 bits per heavy atom. The molecular formula is C13H17N3O2. The van der Waals surface area contributed by atoms with Crippen LogP contribution in [0.25, 0.3) is 0 Å². The Kier molecular flexibility index (Phi) is 2.89. The molecule has 0 spiro atoms. The molecule has 1 heterocycles. The van der Waals surface area contributed by atoms with Crippen molar-refractivity contribution < 1.29 is 4.92 Å². The van der Waals surface area contributed by atoms with Crippen molar-refractivity contribution in [3.05, 3.63) is 28.4 Å². The van der Waals surface area contributed by atoms with Gasteiger partial charge in [-0.3, -0.25) is 10.1 Å². The molecule has 5 nitrogen and oxygen atoms in total. The Labute approximate surface area is 106 Å². The van der Waals surface area contributed by atoms with E-state index in [-0.39, 0.29) is 5.69 Å². The molecule has 18 heavy (non-hydrogen) atoms. The highest BCUT2D eigenvalue weighted by molar-refractivity contribution is 5.40. The fraction of sp³-hybridized carbons (Fsp3) is 0.615. The van der Waals surface area contributed by atoms with Gasteiger partial charge in [-0.15, -0.1) is 0 Å². The smallest absolute Gasteiger partial charge is 0.287 e. The molecule has 2 saturated carbocycles. The topological polar surface area (TPSA) is 68.1 Å². The summed E-state index contributed by atoms with van der Waals surface area (Å²) in [6.45, 7) is 0.958. The van der Waals surface area contributed by atoms with Crippen molar-refractivity contribution in [1.29, 1.82) is 0 Å². The molecule has 0 unspecified atom stereocenters. The van der Waals surface area contributed by atoms with Gasteiger partial charge < -0.3 is 5.32 Å². The molecule has 0 saturated heterocycles. The fourth-order valence-corrected chi connectivity index (χ4v) is 2.59. The van der Waals surface area contributed by atoms with Crippen LogP contribution in [0.15, 0.2) is 18.3 Å². The maximum absolute atomic E-state index is 10.5. The van der Waals surface area contributed by atoms with E-state index >= 15 is 0 Å². The van der Waals surface area contributed by atoms with E-state index in [1.807, 2.05) is 0 Å². The number of hydrogen-bond acceptors (Lipinski definition) is 4. The summed E-state index contributed by atoms with van der Waals surface area (Å²) in [4.78, 5) is 14.2. The minimum atomic E-state index is -0.423. The van der Waals surface area contributed by atoms with Crippen LogP contribution in [-0.2, 0) is 0 Å². The maximum atomic E-state index is 10.5. The van der Waals surface area contributed by atoms with Crippen LogP contribution >= 0.6 is 0 Å². The van der Waals surface area contributed by atoms with E-state index in [1.54, 1.807) is 6.07 Å². The van der Waals surface area contributed by atoms with Gasteiger partial charge in [0.05, 0.1) is 4.92 Å². The number of pyridine rings is 1. The minimum Gasteiger partial charge on any atom is -0.370 e. The Bertz CT molecular complexity index is 426. The Morgan fingerprint density at radius 2 is 2.00 bits per heavy atom. The van der Waals surface area contributed by atoms with Crippen LogP contribution in [0.5, 0.6) is 0 Å². The normalized spacial score (nSPS) is 18.9. The summed E-state index contributed by atoms with van der Waals surface area (Å²) in [5.41, 5.74) is 0.0430. The second-order valence-electron chi connectivity index (χ2n) is 5.38. The standard InChI is InChI=1S/C13H17N3O2/c17-16(18)11-5-6-13(14-7-11)15-8-12(9-1-2-9)10-3-4-10/h5-7,9-10,12H,1-4,8H2,(H,14,15). The third kappa shape index (κ3) is 2.60. The molecule has 2 aliphatic carbocycles. The average molecular weight is 247 g/mol. The highest BCUT2D eigenvalue weighted by Gasteiger charge is 2.40. The van der Waals surface area contributed by atoms with Gasteiger partial charge in [0.25, 0.3) is 5.69 Å². The zero-order chi connectivity index (χ0) is 12.5. The summed E-state index contributed by atoms with van der Waals surface area (Å²) in [5.74, 6) is 3.33. The van der Waals surface area contributed by atoms with Gasteiger partial charge in [0.2, 0.25) is 0 Å². The van der Waals surface area contributed by atoms with Gasteiger partial charge >= 0.3 is 0 Å². The molecule has 0 amide bonds. The molecule has 5 heteroatoms. The van der Waals surface area contributed by atoms with E-state index in [0.717, 1.165) is 30.1 Å². The van der Waals surface area contributed by atoms with Crippen LogP contribution in [0, 0.1) is 27.9 Å². The van der Waals surface area contributed by atoms with Crippen LogP contribution in [0.3, 0.4) is 0 Å². The molecule has 0 atom stereocenters. The van der Waals surface area contributed by atoms with Crippen molar-refractivity contribution in [3.63, 3.8) is 0 Å². The predicted molar refractivity (Wildman–Crippen MR) is 68.3 cm³/mol. The van der Waals surface area contributed by atoms with Gasteiger partial charge in [0, 0.05) is 12.6 Å². The van der Waals surface area contributed by atoms with Gasteiger partial charge in [0.1, 0.15) is 12.0 Å². The van der Waals surface area contributed by atoms with E-state index < -0.39 is 4.92 Å². The summed E-state index contributed by atoms with van der Waals surface area (Å²) in [6.07, 6.45) is 6.80. The van der Waals surface area contributed by atoms with Crippen molar-refractivity contribution in [1.82, 2.24) is 4.98 Å². The Hall–Kier alpha value is -1.65. The van der Waals surface area contributed by atoms with Crippen molar-refractivity contribution in [2.75, 3.05) is 11.9 Å². The SMILES string of the molecule is O=[N+]([O-])c1ccc(NCC(C2CC2)C2CC2)nc1. The second-order valence-corrected chi connectivity index (χ2v) is 5.38. The highest BCUT2D eigenvalue weighted by Crippen LogP contribution is 2.49. The average Bonchev–Trinajstić information content (AvgIpc) is 3.24. The zero-order valence-corrected chi connectivity index (χ0v) is 10.2. The van der Waals surface area contributed by atoms with E-state index in [4.69, 9.17) is 0 Å². The van der Waals surface area contributed by atoms with E-state index in [0.29, 0.717) is 0 Å². The summed E-state index contributed by atoms with van der Waals surface area (Å²) in [7, 11) is 0. The molecular weight excluding hydrogens is 230 g/mol. The minimum absolute atomic E-state index is 0.0430. The van der Waals surface area contributed by atoms with Gasteiger partial charge in [-0.1, -0.05) is 0 Å². The highest BCUT2D eigenvalue weighted by atomic mass is 16.6. The van der Waals surface area contributed by atoms with Gasteiger partial charge in [-0.25, -0.2) is 4.98 Å². The molecule has 1 aromatic rings. The largest absolute Gasteiger partial charge is 0.370 e. The van der Waals surface area contributed by atoms with E-state index in [9.17, 15) is 10.1 Å². The Balaban J connectivity index is 1.56. The van der Waals surface area contributed by atoms with Crippen LogP contribution in [0.2, 0.25) is 0 Å². The van der Waals surface area contributed by atoms with Gasteiger partial charge in [-0.2, -0.15) is 0 Å². The third-order valence-corrected chi connectivity index (χ3v) is 3.93. The number of nitro groups is 1. The van der Waals surface area contributed by atoms with Crippen LogP contribution < -0.4 is 5.32 Å². The lowest BCUT2D eigenvalue weighted by Gasteiger charge is -2.16. The molecule has 3 rings (SSSR count). The zero-order valence-electron chi connectivity index (χ0n) is 10.2. The summed E-state index contributed by atoms with van der Waals surface area (Å²) in [5, 5.41) is 13.8. The molecule has 1 N–H and O–H groups in total. The first kappa shape index (κ1) is 11.4. The number of rotatable bonds is 6. The first-order valence-electron chi connectivity index (χ1n) is 6.58.